The van der Waals surface area contributed by atoms with E-state index in [1.165, 1.54) is 0 Å². The van der Waals surface area contributed by atoms with Gasteiger partial charge >= 0.3 is 0 Å². The first-order valence-electron chi connectivity index (χ1n) is 11.0. The molecule has 2 aliphatic heterocycles. The van der Waals surface area contributed by atoms with Gasteiger partial charge in [0.1, 0.15) is 5.75 Å². The zero-order chi connectivity index (χ0) is 21.9. The number of hydrogen-bond donors (Lipinski definition) is 0. The Morgan fingerprint density at radius 1 is 0.969 bits per heavy atom. The second-order valence-electron chi connectivity index (χ2n) is 8.06. The Balaban J connectivity index is 1.49. The lowest BCUT2D eigenvalue weighted by Crippen LogP contribution is -2.39. The standard InChI is InChI=1S/C25H26N4O3/c1-18-7-5-6-10-20(18)24(30)29-12-11-22-21(17-29)23(32-19-8-3-2-4-9-19)27-25(26-22)28-13-15-31-16-14-28/h2-10H,11-17H2,1H3. The van der Waals surface area contributed by atoms with Crippen LogP contribution in [-0.4, -0.2) is 53.6 Å². The van der Waals surface area contributed by atoms with Gasteiger partial charge in [-0.05, 0) is 30.7 Å². The van der Waals surface area contributed by atoms with Crippen molar-refractivity contribution in [1.82, 2.24) is 14.9 Å². The van der Waals surface area contributed by atoms with E-state index in [0.717, 1.165) is 35.5 Å². The number of nitrogens with zero attached hydrogens (tertiary/aromatic N) is 4. The molecule has 1 aromatic heterocycles. The van der Waals surface area contributed by atoms with Crippen LogP contribution >= 0.6 is 0 Å². The molecule has 0 spiro atoms. The Labute approximate surface area is 187 Å². The van der Waals surface area contributed by atoms with Crippen LogP contribution in [0.3, 0.4) is 0 Å². The van der Waals surface area contributed by atoms with Crippen molar-refractivity contribution in [2.45, 2.75) is 19.9 Å². The van der Waals surface area contributed by atoms with Gasteiger partial charge in [-0.1, -0.05) is 36.4 Å². The summed E-state index contributed by atoms with van der Waals surface area (Å²) >= 11 is 0. The first-order valence-corrected chi connectivity index (χ1v) is 11.0. The molecule has 1 amide bonds. The number of aromatic nitrogens is 2. The number of fused-ring (bicyclic) bond motifs is 1. The van der Waals surface area contributed by atoms with Gasteiger partial charge in [-0.15, -0.1) is 0 Å². The van der Waals surface area contributed by atoms with Crippen LogP contribution in [0.15, 0.2) is 54.6 Å². The Morgan fingerprint density at radius 2 is 1.72 bits per heavy atom. The van der Waals surface area contributed by atoms with Crippen molar-refractivity contribution in [3.8, 4) is 11.6 Å². The third-order valence-electron chi connectivity index (χ3n) is 5.92. The van der Waals surface area contributed by atoms with Crippen LogP contribution in [-0.2, 0) is 17.7 Å². The SMILES string of the molecule is Cc1ccccc1C(=O)N1CCc2nc(N3CCOCC3)nc(Oc3ccccc3)c2C1. The average molecular weight is 431 g/mol. The number of para-hydroxylation sites is 1. The smallest absolute Gasteiger partial charge is 0.254 e. The number of aryl methyl sites for hydroxylation is 1. The summed E-state index contributed by atoms with van der Waals surface area (Å²) in [6.45, 7) is 5.83. The summed E-state index contributed by atoms with van der Waals surface area (Å²) in [4.78, 5) is 26.9. The summed E-state index contributed by atoms with van der Waals surface area (Å²) in [6, 6.07) is 17.3. The minimum atomic E-state index is 0.0247. The summed E-state index contributed by atoms with van der Waals surface area (Å²) in [5, 5.41) is 0. The Kier molecular flexibility index (Phi) is 5.73. The number of amides is 1. The molecule has 0 saturated carbocycles. The molecule has 3 aromatic rings. The lowest BCUT2D eigenvalue weighted by molar-refractivity contribution is 0.0731. The largest absolute Gasteiger partial charge is 0.438 e. The van der Waals surface area contributed by atoms with Crippen molar-refractivity contribution in [2.75, 3.05) is 37.7 Å². The Hall–Kier alpha value is -3.45. The third-order valence-corrected chi connectivity index (χ3v) is 5.92. The summed E-state index contributed by atoms with van der Waals surface area (Å²) in [6.07, 6.45) is 0.665. The maximum atomic E-state index is 13.2. The van der Waals surface area contributed by atoms with E-state index >= 15 is 0 Å². The first-order chi connectivity index (χ1) is 15.7. The fraction of sp³-hybridized carbons (Fsp3) is 0.320. The van der Waals surface area contributed by atoms with Crippen LogP contribution in [0, 0.1) is 6.92 Å². The zero-order valence-electron chi connectivity index (χ0n) is 18.2. The van der Waals surface area contributed by atoms with E-state index < -0.39 is 0 Å². The monoisotopic (exact) mass is 430 g/mol. The van der Waals surface area contributed by atoms with Crippen molar-refractivity contribution in [1.29, 1.82) is 0 Å². The van der Waals surface area contributed by atoms with Crippen LogP contribution in [0.5, 0.6) is 11.6 Å². The van der Waals surface area contributed by atoms with Crippen molar-refractivity contribution in [2.24, 2.45) is 0 Å². The predicted octanol–water partition coefficient (Wildman–Crippen LogP) is 3.61. The number of ether oxygens (including phenoxy) is 2. The Morgan fingerprint density at radius 3 is 2.50 bits per heavy atom. The van der Waals surface area contributed by atoms with Crippen LogP contribution < -0.4 is 9.64 Å². The fourth-order valence-electron chi connectivity index (χ4n) is 4.12. The maximum Gasteiger partial charge on any atom is 0.254 e. The van der Waals surface area contributed by atoms with Crippen LogP contribution in [0.25, 0.3) is 0 Å². The van der Waals surface area contributed by atoms with Crippen LogP contribution in [0.2, 0.25) is 0 Å². The van der Waals surface area contributed by atoms with E-state index in [2.05, 4.69) is 4.90 Å². The molecule has 0 N–H and O–H groups in total. The number of benzene rings is 2. The van der Waals surface area contributed by atoms with Gasteiger partial charge < -0.3 is 19.3 Å². The van der Waals surface area contributed by atoms with E-state index in [-0.39, 0.29) is 5.91 Å². The molecular formula is C25H26N4O3. The molecule has 2 aromatic carbocycles. The molecule has 32 heavy (non-hydrogen) atoms. The van der Waals surface area contributed by atoms with E-state index in [1.54, 1.807) is 0 Å². The highest BCUT2D eigenvalue weighted by atomic mass is 16.5. The molecule has 5 rings (SSSR count). The summed E-state index contributed by atoms with van der Waals surface area (Å²) in [7, 11) is 0. The molecule has 3 heterocycles. The average Bonchev–Trinajstić information content (AvgIpc) is 2.85. The second kappa shape index (κ2) is 8.96. The Bertz CT molecular complexity index is 1110. The van der Waals surface area contributed by atoms with E-state index in [4.69, 9.17) is 19.4 Å². The summed E-state index contributed by atoms with van der Waals surface area (Å²) in [5.74, 6) is 1.92. The molecule has 0 unspecified atom stereocenters. The van der Waals surface area contributed by atoms with Gasteiger partial charge in [0.2, 0.25) is 11.8 Å². The first kappa shape index (κ1) is 20.5. The minimum Gasteiger partial charge on any atom is -0.438 e. The van der Waals surface area contributed by atoms with Crippen molar-refractivity contribution >= 4 is 11.9 Å². The number of carbonyl (C=O) groups excluding carboxylic acids is 1. The van der Waals surface area contributed by atoms with Crippen molar-refractivity contribution in [3.05, 3.63) is 77.0 Å². The molecule has 2 aliphatic rings. The molecule has 164 valence electrons. The summed E-state index contributed by atoms with van der Waals surface area (Å²) in [5.41, 5.74) is 3.52. The lowest BCUT2D eigenvalue weighted by Gasteiger charge is -2.32. The zero-order valence-corrected chi connectivity index (χ0v) is 18.2. The fourth-order valence-corrected chi connectivity index (χ4v) is 4.12. The van der Waals surface area contributed by atoms with Crippen molar-refractivity contribution < 1.29 is 14.3 Å². The molecule has 7 nitrogen and oxygen atoms in total. The van der Waals surface area contributed by atoms with E-state index in [0.29, 0.717) is 50.3 Å². The molecule has 0 atom stereocenters. The quantitative estimate of drug-likeness (QED) is 0.630. The number of anilines is 1. The van der Waals surface area contributed by atoms with Gasteiger partial charge in [0.05, 0.1) is 31.0 Å². The highest BCUT2D eigenvalue weighted by molar-refractivity contribution is 5.95. The highest BCUT2D eigenvalue weighted by Crippen LogP contribution is 2.32. The number of morpholine rings is 1. The second-order valence-corrected chi connectivity index (χ2v) is 8.06. The maximum absolute atomic E-state index is 13.2. The van der Waals surface area contributed by atoms with Gasteiger partial charge in [-0.25, -0.2) is 4.98 Å². The van der Waals surface area contributed by atoms with Gasteiger partial charge in [-0.2, -0.15) is 4.98 Å². The van der Waals surface area contributed by atoms with Gasteiger partial charge in [0.25, 0.3) is 5.91 Å². The van der Waals surface area contributed by atoms with Gasteiger partial charge in [0, 0.05) is 31.6 Å². The van der Waals surface area contributed by atoms with Crippen LogP contribution in [0.1, 0.15) is 27.2 Å². The molecule has 0 radical (unpaired) electrons. The summed E-state index contributed by atoms with van der Waals surface area (Å²) < 4.78 is 11.7. The minimum absolute atomic E-state index is 0.0247. The van der Waals surface area contributed by atoms with Crippen molar-refractivity contribution in [3.63, 3.8) is 0 Å². The van der Waals surface area contributed by atoms with Gasteiger partial charge in [0.15, 0.2) is 0 Å². The molecule has 0 aliphatic carbocycles. The molecule has 1 fully saturated rings. The highest BCUT2D eigenvalue weighted by Gasteiger charge is 2.29. The number of rotatable bonds is 4. The van der Waals surface area contributed by atoms with Gasteiger partial charge in [-0.3, -0.25) is 4.79 Å². The van der Waals surface area contributed by atoms with E-state index in [1.807, 2.05) is 66.4 Å². The lowest BCUT2D eigenvalue weighted by atomic mass is 10.0. The third kappa shape index (κ3) is 4.16. The number of carbonyl (C=O) groups is 1. The normalized spacial score (nSPS) is 15.9. The van der Waals surface area contributed by atoms with E-state index in [9.17, 15) is 4.79 Å². The molecule has 7 heteroatoms. The predicted molar refractivity (Wildman–Crippen MR) is 121 cm³/mol. The number of hydrogen-bond acceptors (Lipinski definition) is 6. The topological polar surface area (TPSA) is 67.8 Å². The molecule has 0 bridgehead atoms. The molecular weight excluding hydrogens is 404 g/mol. The van der Waals surface area contributed by atoms with Crippen LogP contribution in [0.4, 0.5) is 5.95 Å². The molecule has 1 saturated heterocycles.